The highest BCUT2D eigenvalue weighted by molar-refractivity contribution is 5.78. The number of methoxy groups -OCH3 is 1. The molecule has 0 saturated carbocycles. The molecule has 2 atom stereocenters. The maximum Gasteiger partial charge on any atom is 0.460 e. The van der Waals surface area contributed by atoms with Crippen molar-refractivity contribution in [2.75, 3.05) is 12.4 Å². The molecule has 1 aromatic rings. The van der Waals surface area contributed by atoms with Gasteiger partial charge in [-0.05, 0) is 24.6 Å². The molecule has 1 aromatic carbocycles. The van der Waals surface area contributed by atoms with Crippen LogP contribution in [0.25, 0.3) is 0 Å². The number of carbonyl (C=O) groups is 1. The molecule has 0 spiro atoms. The third kappa shape index (κ3) is 3.07. The normalized spacial score (nSPS) is 18.8. The molecule has 2 unspecified atom stereocenters. The van der Waals surface area contributed by atoms with Crippen LogP contribution in [0.4, 0.5) is 36.4 Å². The first-order chi connectivity index (χ1) is 11.3. The van der Waals surface area contributed by atoms with Crippen LogP contribution < -0.4 is 10.1 Å². The fourth-order valence-electron chi connectivity index (χ4n) is 2.16. The number of hydrogen-bond donors (Lipinski definition) is 1. The molecule has 1 aliphatic rings. The van der Waals surface area contributed by atoms with Crippen molar-refractivity contribution < 1.29 is 45.0 Å². The summed E-state index contributed by atoms with van der Waals surface area (Å²) in [5, 5.41) is 1.80. The largest absolute Gasteiger partial charge is 0.469 e. The second-order valence-corrected chi connectivity index (χ2v) is 5.34. The quantitative estimate of drug-likeness (QED) is 0.640. The van der Waals surface area contributed by atoms with Crippen molar-refractivity contribution in [3.8, 4) is 5.75 Å². The van der Waals surface area contributed by atoms with Gasteiger partial charge in [0, 0.05) is 0 Å². The minimum Gasteiger partial charge on any atom is -0.469 e. The number of nitrogens with one attached hydrogen (secondary N) is 1. The average Bonchev–Trinajstić information content (AvgIpc) is 2.95. The molecule has 1 aliphatic heterocycles. The van der Waals surface area contributed by atoms with Gasteiger partial charge in [-0.25, -0.2) is 0 Å². The van der Waals surface area contributed by atoms with Gasteiger partial charge >= 0.3 is 24.0 Å². The van der Waals surface area contributed by atoms with Gasteiger partial charge in [-0.1, -0.05) is 6.07 Å². The lowest BCUT2D eigenvalue weighted by molar-refractivity contribution is -0.365. The second kappa shape index (κ2) is 5.95. The Bertz CT molecular complexity index is 675. The molecule has 0 radical (unpaired) electrons. The van der Waals surface area contributed by atoms with Crippen molar-refractivity contribution in [3.63, 3.8) is 0 Å². The minimum atomic E-state index is -6.46. The van der Waals surface area contributed by atoms with Gasteiger partial charge in [-0.3, -0.25) is 4.79 Å². The third-order valence-electron chi connectivity index (χ3n) is 3.69. The summed E-state index contributed by atoms with van der Waals surface area (Å²) in [6, 6.07) is 3.50. The van der Waals surface area contributed by atoms with E-state index >= 15 is 0 Å². The van der Waals surface area contributed by atoms with Crippen LogP contribution in [0.5, 0.6) is 5.75 Å². The zero-order valence-electron chi connectivity index (χ0n) is 12.8. The van der Waals surface area contributed by atoms with Gasteiger partial charge in [0.05, 0.1) is 18.7 Å². The van der Waals surface area contributed by atoms with Crippen LogP contribution in [0.15, 0.2) is 18.2 Å². The minimum absolute atomic E-state index is 0.240. The van der Waals surface area contributed by atoms with Gasteiger partial charge in [-0.15, -0.1) is 0 Å². The molecule has 25 heavy (non-hydrogen) atoms. The highest BCUT2D eigenvalue weighted by Crippen LogP contribution is 2.51. The number of rotatable bonds is 4. The zero-order valence-corrected chi connectivity index (χ0v) is 12.8. The van der Waals surface area contributed by atoms with Crippen LogP contribution in [0.1, 0.15) is 18.4 Å². The van der Waals surface area contributed by atoms with Crippen LogP contribution >= 0.6 is 0 Å². The molecule has 0 aromatic heterocycles. The van der Waals surface area contributed by atoms with Gasteiger partial charge in [0.25, 0.3) is 0 Å². The van der Waals surface area contributed by atoms with Crippen molar-refractivity contribution in [2.24, 2.45) is 0 Å². The first kappa shape index (κ1) is 19.1. The van der Waals surface area contributed by atoms with E-state index in [2.05, 4.69) is 9.47 Å². The van der Waals surface area contributed by atoms with Crippen LogP contribution in [0.2, 0.25) is 0 Å². The van der Waals surface area contributed by atoms with E-state index in [1.807, 2.05) is 0 Å². The molecule has 4 nitrogen and oxygen atoms in total. The number of benzene rings is 1. The van der Waals surface area contributed by atoms with E-state index < -0.39 is 36.1 Å². The molecular formula is C14H12F7NO3. The van der Waals surface area contributed by atoms with Crippen molar-refractivity contribution in [1.82, 2.24) is 0 Å². The summed E-state index contributed by atoms with van der Waals surface area (Å²) in [5.74, 6) is -13.7. The average molecular weight is 375 g/mol. The SMILES string of the molecule is COC(=O)C(C)c1ccc2c(c1)NC(C(F)(F)C(F)(F)C(F)(F)F)O2. The Morgan fingerprint density at radius 2 is 1.80 bits per heavy atom. The first-order valence-electron chi connectivity index (χ1n) is 6.80. The van der Waals surface area contributed by atoms with Crippen LogP contribution in [0, 0.1) is 0 Å². The van der Waals surface area contributed by atoms with Gasteiger partial charge in [0.15, 0.2) is 0 Å². The molecule has 0 saturated heterocycles. The third-order valence-corrected chi connectivity index (χ3v) is 3.69. The second-order valence-electron chi connectivity index (χ2n) is 5.34. The van der Waals surface area contributed by atoms with Gasteiger partial charge in [0.2, 0.25) is 6.23 Å². The van der Waals surface area contributed by atoms with Crippen molar-refractivity contribution in [1.29, 1.82) is 0 Å². The van der Waals surface area contributed by atoms with Crippen LogP contribution in [-0.4, -0.2) is 37.3 Å². The number of anilines is 1. The van der Waals surface area contributed by atoms with Crippen molar-refractivity contribution in [3.05, 3.63) is 23.8 Å². The fraction of sp³-hybridized carbons (Fsp3) is 0.500. The summed E-state index contributed by atoms with van der Waals surface area (Å²) in [5.41, 5.74) is 0.0316. The molecule has 0 fully saturated rings. The molecule has 11 heteroatoms. The molecule has 0 aliphatic carbocycles. The van der Waals surface area contributed by atoms with E-state index in [1.54, 1.807) is 5.32 Å². The Kier molecular flexibility index (Phi) is 4.56. The smallest absolute Gasteiger partial charge is 0.460 e. The van der Waals surface area contributed by atoms with Gasteiger partial charge in [-0.2, -0.15) is 30.7 Å². The zero-order chi connectivity index (χ0) is 19.2. The number of halogens is 7. The molecule has 140 valence electrons. The lowest BCUT2D eigenvalue weighted by Gasteiger charge is -2.31. The highest BCUT2D eigenvalue weighted by atomic mass is 19.4. The Balaban J connectivity index is 2.28. The summed E-state index contributed by atoms with van der Waals surface area (Å²) >= 11 is 0. The van der Waals surface area contributed by atoms with E-state index in [9.17, 15) is 35.5 Å². The molecule has 1 heterocycles. The Labute approximate surface area is 136 Å². The van der Waals surface area contributed by atoms with Gasteiger partial charge in [0.1, 0.15) is 5.75 Å². The number of fused-ring (bicyclic) bond motifs is 1. The maximum absolute atomic E-state index is 13.7. The number of hydrogen-bond acceptors (Lipinski definition) is 4. The maximum atomic E-state index is 13.7. The lowest BCUT2D eigenvalue weighted by Crippen LogP contribution is -2.60. The summed E-state index contributed by atoms with van der Waals surface area (Å²) in [7, 11) is 1.13. The molecular weight excluding hydrogens is 363 g/mol. The Morgan fingerprint density at radius 3 is 2.32 bits per heavy atom. The lowest BCUT2D eigenvalue weighted by atomic mass is 10.0. The fourth-order valence-corrected chi connectivity index (χ4v) is 2.16. The highest BCUT2D eigenvalue weighted by Gasteiger charge is 2.77. The predicted molar refractivity (Wildman–Crippen MR) is 70.9 cm³/mol. The summed E-state index contributed by atoms with van der Waals surface area (Å²) < 4.78 is 99.3. The van der Waals surface area contributed by atoms with Crippen LogP contribution in [0.3, 0.4) is 0 Å². The van der Waals surface area contributed by atoms with Gasteiger partial charge < -0.3 is 14.8 Å². The first-order valence-corrected chi connectivity index (χ1v) is 6.80. The summed E-state index contributed by atoms with van der Waals surface area (Å²) in [6.45, 7) is 1.44. The van der Waals surface area contributed by atoms with Crippen LogP contribution in [-0.2, 0) is 9.53 Å². The van der Waals surface area contributed by atoms with E-state index in [0.29, 0.717) is 0 Å². The number of alkyl halides is 7. The molecule has 2 rings (SSSR count). The molecule has 0 bridgehead atoms. The van der Waals surface area contributed by atoms with E-state index in [4.69, 9.17) is 0 Å². The Morgan fingerprint density at radius 1 is 1.20 bits per heavy atom. The topological polar surface area (TPSA) is 47.6 Å². The van der Waals surface area contributed by atoms with E-state index in [-0.39, 0.29) is 17.0 Å². The monoisotopic (exact) mass is 375 g/mol. The summed E-state index contributed by atoms with van der Waals surface area (Å²) in [6.07, 6.45) is -9.39. The van der Waals surface area contributed by atoms with E-state index in [1.165, 1.54) is 13.0 Å². The number of carbonyl (C=O) groups excluding carboxylic acids is 1. The standard InChI is InChI=1S/C14H12F7NO3/c1-6(10(23)24-2)7-3-4-9-8(5-7)22-11(25-9)12(15,16)13(17,18)14(19,20)21/h3-6,11,22H,1-2H3. The molecule has 1 N–H and O–H groups in total. The van der Waals surface area contributed by atoms with Crippen molar-refractivity contribution in [2.45, 2.75) is 37.1 Å². The summed E-state index contributed by atoms with van der Waals surface area (Å²) in [4.78, 5) is 11.5. The van der Waals surface area contributed by atoms with E-state index in [0.717, 1.165) is 19.2 Å². The number of esters is 1. The Hall–Kier alpha value is -2.20. The number of ether oxygens (including phenoxy) is 2. The predicted octanol–water partition coefficient (Wildman–Crippen LogP) is 3.93. The molecule has 0 amide bonds. The van der Waals surface area contributed by atoms with Crippen molar-refractivity contribution >= 4 is 11.7 Å².